The van der Waals surface area contributed by atoms with Crippen molar-refractivity contribution in [1.82, 2.24) is 4.72 Å². The fraction of sp³-hybridized carbons (Fsp3) is 0.105. The van der Waals surface area contributed by atoms with E-state index in [-0.39, 0.29) is 10.9 Å². The molecule has 0 fully saturated rings. The molecule has 4 nitrogen and oxygen atoms in total. The molecule has 3 aromatic rings. The summed E-state index contributed by atoms with van der Waals surface area (Å²) < 4.78 is 27.7. The Morgan fingerprint density at radius 3 is 2.29 bits per heavy atom. The first-order valence-corrected chi connectivity index (χ1v) is 8.99. The maximum Gasteiger partial charge on any atom is 0.241 e. The molecule has 3 rings (SSSR count). The van der Waals surface area contributed by atoms with Gasteiger partial charge in [0.15, 0.2) is 0 Å². The topological polar surface area (TPSA) is 70.0 Å². The number of hydrogen-bond acceptors (Lipinski definition) is 3. The van der Waals surface area contributed by atoms with Crippen LogP contribution in [-0.4, -0.2) is 8.42 Å². The van der Waals surface area contributed by atoms with Gasteiger partial charge in [0, 0.05) is 6.04 Å². The Morgan fingerprint density at radius 2 is 1.62 bits per heavy atom. The third kappa shape index (κ3) is 3.30. The van der Waals surface area contributed by atoms with Crippen molar-refractivity contribution >= 4 is 20.8 Å². The van der Waals surface area contributed by atoms with E-state index in [1.165, 1.54) is 24.3 Å². The minimum Gasteiger partial charge on any atom is -0.207 e. The van der Waals surface area contributed by atoms with Crippen LogP contribution >= 0.6 is 0 Å². The van der Waals surface area contributed by atoms with Crippen molar-refractivity contribution in [3.05, 3.63) is 77.9 Å². The Morgan fingerprint density at radius 1 is 0.958 bits per heavy atom. The van der Waals surface area contributed by atoms with E-state index >= 15 is 0 Å². The number of fused-ring (bicyclic) bond motifs is 1. The maximum absolute atomic E-state index is 12.5. The number of nitrogens with one attached hydrogen (secondary N) is 1. The van der Waals surface area contributed by atoms with Gasteiger partial charge in [0.25, 0.3) is 0 Å². The lowest BCUT2D eigenvalue weighted by Crippen LogP contribution is -2.26. The molecule has 0 amide bonds. The highest BCUT2D eigenvalue weighted by molar-refractivity contribution is 7.89. The average molecular weight is 336 g/mol. The van der Waals surface area contributed by atoms with Crippen LogP contribution in [0.4, 0.5) is 0 Å². The Kier molecular flexibility index (Phi) is 4.34. The summed E-state index contributed by atoms with van der Waals surface area (Å²) in [5, 5.41) is 11.0. The van der Waals surface area contributed by atoms with Gasteiger partial charge in [-0.2, -0.15) is 5.26 Å². The van der Waals surface area contributed by atoms with Gasteiger partial charge >= 0.3 is 0 Å². The zero-order chi connectivity index (χ0) is 17.2. The summed E-state index contributed by atoms with van der Waals surface area (Å²) in [6.45, 7) is 1.81. The summed E-state index contributed by atoms with van der Waals surface area (Å²) in [6.07, 6.45) is 0. The predicted molar refractivity (Wildman–Crippen MR) is 93.8 cm³/mol. The molecule has 1 N–H and O–H groups in total. The smallest absolute Gasteiger partial charge is 0.207 e. The minimum absolute atomic E-state index is 0.147. The van der Waals surface area contributed by atoms with E-state index in [1.54, 1.807) is 0 Å². The standard InChI is InChI=1S/C19H16N2O2S/c1-14(17-9-8-16-4-2-3-5-18(16)12-17)21-24(22,23)19-10-6-15(13-20)7-11-19/h2-12,14,21H,1H3. The number of benzene rings is 3. The highest BCUT2D eigenvalue weighted by Crippen LogP contribution is 2.22. The summed E-state index contributed by atoms with van der Waals surface area (Å²) in [6, 6.07) is 21.3. The highest BCUT2D eigenvalue weighted by Gasteiger charge is 2.18. The first-order chi connectivity index (χ1) is 11.5. The molecule has 3 aromatic carbocycles. The SMILES string of the molecule is CC(NS(=O)(=O)c1ccc(C#N)cc1)c1ccc2ccccc2c1. The normalized spacial score (nSPS) is 12.7. The van der Waals surface area contributed by atoms with Gasteiger partial charge < -0.3 is 0 Å². The molecule has 5 heteroatoms. The first-order valence-electron chi connectivity index (χ1n) is 7.51. The second-order valence-corrected chi connectivity index (χ2v) is 7.30. The van der Waals surface area contributed by atoms with Gasteiger partial charge in [-0.15, -0.1) is 0 Å². The molecule has 0 bridgehead atoms. The second-order valence-electron chi connectivity index (χ2n) is 5.59. The molecule has 1 atom stereocenters. The van der Waals surface area contributed by atoms with Gasteiger partial charge in [0.05, 0.1) is 16.5 Å². The molecule has 0 aliphatic heterocycles. The molecule has 1 unspecified atom stereocenters. The third-order valence-electron chi connectivity index (χ3n) is 3.90. The minimum atomic E-state index is -3.65. The fourth-order valence-corrected chi connectivity index (χ4v) is 3.79. The highest BCUT2D eigenvalue weighted by atomic mass is 32.2. The van der Waals surface area contributed by atoms with Gasteiger partial charge in [0.2, 0.25) is 10.0 Å². The lowest BCUT2D eigenvalue weighted by molar-refractivity contribution is 0.567. The molecule has 0 saturated heterocycles. The Labute approximate surface area is 141 Å². The van der Waals surface area contributed by atoms with Crippen LogP contribution in [0.25, 0.3) is 10.8 Å². The largest absolute Gasteiger partial charge is 0.241 e. The van der Waals surface area contributed by atoms with Crippen LogP contribution in [0.2, 0.25) is 0 Å². The summed E-state index contributed by atoms with van der Waals surface area (Å²) in [4.78, 5) is 0.147. The van der Waals surface area contributed by atoms with Crippen LogP contribution in [0, 0.1) is 11.3 Å². The molecule has 0 aromatic heterocycles. The number of sulfonamides is 1. The van der Waals surface area contributed by atoms with E-state index in [0.29, 0.717) is 5.56 Å². The van der Waals surface area contributed by atoms with Crippen LogP contribution in [0.1, 0.15) is 24.1 Å². The van der Waals surface area contributed by atoms with Crippen molar-refractivity contribution < 1.29 is 8.42 Å². The Bertz CT molecular complexity index is 1020. The summed E-state index contributed by atoms with van der Waals surface area (Å²) >= 11 is 0. The zero-order valence-corrected chi connectivity index (χ0v) is 13.9. The van der Waals surface area contributed by atoms with E-state index in [9.17, 15) is 8.42 Å². The van der Waals surface area contributed by atoms with Crippen LogP contribution < -0.4 is 4.72 Å². The zero-order valence-electron chi connectivity index (χ0n) is 13.1. The number of rotatable bonds is 4. The second kappa shape index (κ2) is 6.44. The van der Waals surface area contributed by atoms with E-state index in [1.807, 2.05) is 55.5 Å². The number of nitrogens with zero attached hydrogens (tertiary/aromatic N) is 1. The lowest BCUT2D eigenvalue weighted by atomic mass is 10.0. The van der Waals surface area contributed by atoms with E-state index in [0.717, 1.165) is 16.3 Å². The molecule has 0 aliphatic rings. The fourth-order valence-electron chi connectivity index (χ4n) is 2.55. The van der Waals surface area contributed by atoms with Crippen molar-refractivity contribution in [2.45, 2.75) is 17.9 Å². The molecule has 0 radical (unpaired) electrons. The van der Waals surface area contributed by atoms with Gasteiger partial charge in [-0.05, 0) is 53.6 Å². The summed E-state index contributed by atoms with van der Waals surface area (Å²) in [5.41, 5.74) is 1.32. The van der Waals surface area contributed by atoms with Gasteiger partial charge in [-0.1, -0.05) is 36.4 Å². The lowest BCUT2D eigenvalue weighted by Gasteiger charge is -2.15. The summed E-state index contributed by atoms with van der Waals surface area (Å²) in [5.74, 6) is 0. The quantitative estimate of drug-likeness (QED) is 0.789. The summed E-state index contributed by atoms with van der Waals surface area (Å²) in [7, 11) is -3.65. The molecule has 120 valence electrons. The number of nitriles is 1. The van der Waals surface area contributed by atoms with Crippen LogP contribution in [-0.2, 0) is 10.0 Å². The van der Waals surface area contributed by atoms with Crippen molar-refractivity contribution in [1.29, 1.82) is 5.26 Å². The van der Waals surface area contributed by atoms with Gasteiger partial charge in [0.1, 0.15) is 0 Å². The van der Waals surface area contributed by atoms with Crippen LogP contribution in [0.5, 0.6) is 0 Å². The number of hydrogen-bond donors (Lipinski definition) is 1. The van der Waals surface area contributed by atoms with Crippen LogP contribution in [0.15, 0.2) is 71.6 Å². The molecular formula is C19H16N2O2S. The average Bonchev–Trinajstić information content (AvgIpc) is 2.61. The van der Waals surface area contributed by atoms with Crippen LogP contribution in [0.3, 0.4) is 0 Å². The van der Waals surface area contributed by atoms with E-state index in [2.05, 4.69) is 4.72 Å². The van der Waals surface area contributed by atoms with Crippen molar-refractivity contribution in [2.75, 3.05) is 0 Å². The molecule has 0 saturated carbocycles. The first kappa shape index (κ1) is 16.2. The van der Waals surface area contributed by atoms with E-state index < -0.39 is 10.0 Å². The molecule has 0 spiro atoms. The molecule has 0 heterocycles. The van der Waals surface area contributed by atoms with Crippen molar-refractivity contribution in [3.8, 4) is 6.07 Å². The van der Waals surface area contributed by atoms with Crippen molar-refractivity contribution in [2.24, 2.45) is 0 Å². The monoisotopic (exact) mass is 336 g/mol. The van der Waals surface area contributed by atoms with Gasteiger partial charge in [-0.25, -0.2) is 13.1 Å². The molecular weight excluding hydrogens is 320 g/mol. The maximum atomic E-state index is 12.5. The van der Waals surface area contributed by atoms with Gasteiger partial charge in [-0.3, -0.25) is 0 Å². The van der Waals surface area contributed by atoms with Crippen molar-refractivity contribution in [3.63, 3.8) is 0 Å². The Hall–Kier alpha value is -2.68. The Balaban J connectivity index is 1.86. The molecule has 0 aliphatic carbocycles. The third-order valence-corrected chi connectivity index (χ3v) is 5.46. The van der Waals surface area contributed by atoms with E-state index in [4.69, 9.17) is 5.26 Å². The predicted octanol–water partition coefficient (Wildman–Crippen LogP) is 3.75. The molecule has 24 heavy (non-hydrogen) atoms.